The van der Waals surface area contributed by atoms with Crippen LogP contribution < -0.4 is 5.43 Å². The van der Waals surface area contributed by atoms with Gasteiger partial charge in [-0.15, -0.1) is 0 Å². The van der Waals surface area contributed by atoms with Crippen molar-refractivity contribution in [1.82, 2.24) is 0 Å². The van der Waals surface area contributed by atoms with Gasteiger partial charge in [0.05, 0.1) is 21.8 Å². The van der Waals surface area contributed by atoms with Crippen LogP contribution >= 0.6 is 34.2 Å². The fraction of sp³-hybridized carbons (Fsp3) is 0. The Bertz CT molecular complexity index is 939. The lowest BCUT2D eigenvalue weighted by molar-refractivity contribution is -0.384. The van der Waals surface area contributed by atoms with Crippen LogP contribution in [0.1, 0.15) is 5.76 Å². The van der Waals surface area contributed by atoms with E-state index in [1.54, 1.807) is 12.1 Å². The van der Waals surface area contributed by atoms with Gasteiger partial charge in [-0.3, -0.25) is 15.5 Å². The van der Waals surface area contributed by atoms with E-state index in [9.17, 15) is 10.1 Å². The van der Waals surface area contributed by atoms with Crippen LogP contribution in [0.4, 0.5) is 11.4 Å². The minimum atomic E-state index is -0.476. The summed E-state index contributed by atoms with van der Waals surface area (Å²) >= 11 is 8.34. The van der Waals surface area contributed by atoms with Crippen LogP contribution in [0.25, 0.3) is 11.3 Å². The van der Waals surface area contributed by atoms with Gasteiger partial charge < -0.3 is 4.42 Å². The zero-order chi connectivity index (χ0) is 17.8. The van der Waals surface area contributed by atoms with Gasteiger partial charge >= 0.3 is 0 Å². The molecule has 0 aliphatic rings. The van der Waals surface area contributed by atoms with E-state index in [1.165, 1.54) is 24.4 Å². The molecular formula is C17H11ClIN3O3. The molecule has 0 spiro atoms. The molecule has 0 unspecified atom stereocenters. The maximum atomic E-state index is 10.9. The zero-order valence-electron chi connectivity index (χ0n) is 12.6. The van der Waals surface area contributed by atoms with Crippen molar-refractivity contribution >= 4 is 51.8 Å². The lowest BCUT2D eigenvalue weighted by atomic mass is 10.1. The highest BCUT2D eigenvalue weighted by Gasteiger charge is 2.14. The predicted molar refractivity (Wildman–Crippen MR) is 106 cm³/mol. The topological polar surface area (TPSA) is 80.7 Å². The molecule has 0 radical (unpaired) electrons. The minimum absolute atomic E-state index is 0.0496. The number of nitro groups is 1. The monoisotopic (exact) mass is 467 g/mol. The van der Waals surface area contributed by atoms with Crippen molar-refractivity contribution in [3.8, 4) is 11.3 Å². The Labute approximate surface area is 161 Å². The first-order chi connectivity index (χ1) is 12.0. The maximum Gasteiger partial charge on any atom is 0.270 e. The Morgan fingerprint density at radius 1 is 1.16 bits per heavy atom. The van der Waals surface area contributed by atoms with E-state index >= 15 is 0 Å². The predicted octanol–water partition coefficient (Wildman–Crippen LogP) is 5.56. The fourth-order valence-electron chi connectivity index (χ4n) is 2.08. The van der Waals surface area contributed by atoms with E-state index in [-0.39, 0.29) is 5.69 Å². The lowest BCUT2D eigenvalue weighted by Crippen LogP contribution is -1.89. The van der Waals surface area contributed by atoms with Crippen molar-refractivity contribution in [3.05, 3.63) is 79.1 Å². The van der Waals surface area contributed by atoms with Crippen LogP contribution in [-0.4, -0.2) is 11.1 Å². The number of anilines is 1. The van der Waals surface area contributed by atoms with Gasteiger partial charge in [0.15, 0.2) is 0 Å². The number of nitrogens with one attached hydrogen (secondary N) is 1. The van der Waals surface area contributed by atoms with E-state index in [4.69, 9.17) is 16.0 Å². The zero-order valence-corrected chi connectivity index (χ0v) is 15.6. The molecule has 1 heterocycles. The van der Waals surface area contributed by atoms with E-state index in [0.29, 0.717) is 22.1 Å². The SMILES string of the molecule is O=[N+]([O-])c1ccc(Cl)c(-c2ccc(/C=N/Nc3ccc(I)cc3)o2)c1. The first-order valence-electron chi connectivity index (χ1n) is 7.12. The van der Waals surface area contributed by atoms with Gasteiger partial charge in [-0.1, -0.05) is 11.6 Å². The average molecular weight is 468 g/mol. The third-order valence-electron chi connectivity index (χ3n) is 3.28. The summed E-state index contributed by atoms with van der Waals surface area (Å²) in [6.45, 7) is 0. The summed E-state index contributed by atoms with van der Waals surface area (Å²) in [5, 5.41) is 15.4. The smallest absolute Gasteiger partial charge is 0.270 e. The van der Waals surface area contributed by atoms with Crippen LogP contribution in [0.3, 0.4) is 0 Å². The summed E-state index contributed by atoms with van der Waals surface area (Å²) in [6, 6.07) is 15.4. The van der Waals surface area contributed by atoms with Gasteiger partial charge in [0, 0.05) is 21.3 Å². The van der Waals surface area contributed by atoms with Crippen molar-refractivity contribution in [2.24, 2.45) is 5.10 Å². The van der Waals surface area contributed by atoms with E-state index in [1.807, 2.05) is 24.3 Å². The second-order valence-electron chi connectivity index (χ2n) is 5.00. The molecule has 0 amide bonds. The van der Waals surface area contributed by atoms with Crippen molar-refractivity contribution < 1.29 is 9.34 Å². The van der Waals surface area contributed by atoms with E-state index < -0.39 is 4.92 Å². The third kappa shape index (κ3) is 4.37. The number of hydrazone groups is 1. The molecule has 126 valence electrons. The summed E-state index contributed by atoms with van der Waals surface area (Å²) in [4.78, 5) is 10.4. The van der Waals surface area contributed by atoms with Crippen molar-refractivity contribution in [2.45, 2.75) is 0 Å². The van der Waals surface area contributed by atoms with Crippen LogP contribution in [0.5, 0.6) is 0 Å². The Kier molecular flexibility index (Phi) is 5.34. The van der Waals surface area contributed by atoms with Crippen LogP contribution in [0.2, 0.25) is 5.02 Å². The number of furan rings is 1. The van der Waals surface area contributed by atoms with Crippen molar-refractivity contribution in [2.75, 3.05) is 5.43 Å². The number of benzene rings is 2. The largest absolute Gasteiger partial charge is 0.455 e. The molecule has 0 aliphatic carbocycles. The van der Waals surface area contributed by atoms with Gasteiger partial charge in [0.2, 0.25) is 0 Å². The number of non-ortho nitro benzene ring substituents is 1. The molecule has 6 nitrogen and oxygen atoms in total. The molecule has 0 bridgehead atoms. The Hall–Kier alpha value is -2.39. The molecule has 0 saturated carbocycles. The average Bonchev–Trinajstić information content (AvgIpc) is 3.05. The van der Waals surface area contributed by atoms with Gasteiger partial charge in [0.1, 0.15) is 11.5 Å². The lowest BCUT2D eigenvalue weighted by Gasteiger charge is -2.01. The van der Waals surface area contributed by atoms with Gasteiger partial charge in [-0.2, -0.15) is 5.10 Å². The quantitative estimate of drug-likeness (QED) is 0.231. The van der Waals surface area contributed by atoms with Gasteiger partial charge in [-0.25, -0.2) is 0 Å². The number of halogens is 2. The van der Waals surface area contributed by atoms with Crippen molar-refractivity contribution in [1.29, 1.82) is 0 Å². The van der Waals surface area contributed by atoms with Gasteiger partial charge in [-0.05, 0) is 65.1 Å². The van der Waals surface area contributed by atoms with Crippen LogP contribution in [-0.2, 0) is 0 Å². The molecule has 0 atom stereocenters. The molecule has 1 aromatic heterocycles. The van der Waals surface area contributed by atoms with E-state index in [2.05, 4.69) is 33.1 Å². The number of hydrogen-bond donors (Lipinski definition) is 1. The third-order valence-corrected chi connectivity index (χ3v) is 4.33. The number of nitro benzene ring substituents is 1. The minimum Gasteiger partial charge on any atom is -0.455 e. The second kappa shape index (κ2) is 7.66. The molecule has 0 fully saturated rings. The highest BCUT2D eigenvalue weighted by atomic mass is 127. The molecule has 1 N–H and O–H groups in total. The first-order valence-corrected chi connectivity index (χ1v) is 8.57. The number of nitrogens with zero attached hydrogens (tertiary/aromatic N) is 2. The molecule has 8 heteroatoms. The molecule has 0 aliphatic heterocycles. The Balaban J connectivity index is 1.76. The molecule has 2 aromatic carbocycles. The highest BCUT2D eigenvalue weighted by Crippen LogP contribution is 2.32. The summed E-state index contributed by atoms with van der Waals surface area (Å²) in [5.74, 6) is 0.931. The summed E-state index contributed by atoms with van der Waals surface area (Å²) in [7, 11) is 0. The highest BCUT2D eigenvalue weighted by molar-refractivity contribution is 14.1. The van der Waals surface area contributed by atoms with Crippen LogP contribution in [0.15, 0.2) is 64.1 Å². The molecule has 3 rings (SSSR count). The molecular weight excluding hydrogens is 457 g/mol. The first kappa shape index (κ1) is 17.4. The molecule has 25 heavy (non-hydrogen) atoms. The van der Waals surface area contributed by atoms with Gasteiger partial charge in [0.25, 0.3) is 5.69 Å². The summed E-state index contributed by atoms with van der Waals surface area (Å²) in [5.41, 5.74) is 4.16. The van der Waals surface area contributed by atoms with Crippen molar-refractivity contribution in [3.63, 3.8) is 0 Å². The molecule has 0 saturated heterocycles. The second-order valence-corrected chi connectivity index (χ2v) is 6.65. The Morgan fingerprint density at radius 3 is 2.64 bits per heavy atom. The number of hydrogen-bond acceptors (Lipinski definition) is 5. The summed E-state index contributed by atoms with van der Waals surface area (Å²) < 4.78 is 6.78. The standard InChI is InChI=1S/C17H11ClIN3O3/c18-16-7-5-13(22(23)24)9-15(16)17-8-6-14(25-17)10-20-21-12-3-1-11(19)2-4-12/h1-10,21H/b20-10+. The maximum absolute atomic E-state index is 10.9. The molecule has 3 aromatic rings. The van der Waals surface area contributed by atoms with Crippen LogP contribution in [0, 0.1) is 13.7 Å². The summed E-state index contributed by atoms with van der Waals surface area (Å²) in [6.07, 6.45) is 1.52. The normalized spacial score (nSPS) is 11.0. The fourth-order valence-corrected chi connectivity index (χ4v) is 2.65. The Morgan fingerprint density at radius 2 is 1.92 bits per heavy atom. The number of rotatable bonds is 5. The van der Waals surface area contributed by atoms with E-state index in [0.717, 1.165) is 9.26 Å².